The zero-order valence-corrected chi connectivity index (χ0v) is 12.2. The van der Waals surface area contributed by atoms with Crippen molar-refractivity contribution in [3.05, 3.63) is 0 Å². The van der Waals surface area contributed by atoms with Crippen molar-refractivity contribution in [1.29, 1.82) is 0 Å². The first-order chi connectivity index (χ1) is 9.18. The van der Waals surface area contributed by atoms with E-state index in [9.17, 15) is 19.2 Å². The molecule has 0 aromatic heterocycles. The Morgan fingerprint density at radius 2 is 1.14 bits per heavy atom. The SMILES string of the molecule is CC(CCCCC(C(=O)O)C(=O)O)C(C(=O)O)C(=O)O.Cl. The van der Waals surface area contributed by atoms with Gasteiger partial charge in [0.1, 0.15) is 0 Å². The van der Waals surface area contributed by atoms with Crippen LogP contribution in [-0.4, -0.2) is 44.3 Å². The van der Waals surface area contributed by atoms with Crippen LogP contribution < -0.4 is 0 Å². The van der Waals surface area contributed by atoms with E-state index in [0.29, 0.717) is 6.42 Å². The van der Waals surface area contributed by atoms with Crippen LogP contribution in [-0.2, 0) is 19.2 Å². The Morgan fingerprint density at radius 3 is 1.48 bits per heavy atom. The van der Waals surface area contributed by atoms with Gasteiger partial charge in [-0.25, -0.2) is 0 Å². The Balaban J connectivity index is 0. The van der Waals surface area contributed by atoms with Gasteiger partial charge in [-0.15, -0.1) is 12.4 Å². The van der Waals surface area contributed by atoms with Crippen LogP contribution in [0.5, 0.6) is 0 Å². The number of hydrogen-bond donors (Lipinski definition) is 4. The number of hydrogen-bond acceptors (Lipinski definition) is 4. The first-order valence-electron chi connectivity index (χ1n) is 6.09. The second-order valence-corrected chi connectivity index (χ2v) is 4.64. The lowest BCUT2D eigenvalue weighted by atomic mass is 9.88. The maximum absolute atomic E-state index is 10.8. The maximum atomic E-state index is 10.8. The van der Waals surface area contributed by atoms with E-state index >= 15 is 0 Å². The summed E-state index contributed by atoms with van der Waals surface area (Å²) < 4.78 is 0. The van der Waals surface area contributed by atoms with E-state index in [2.05, 4.69) is 0 Å². The molecule has 21 heavy (non-hydrogen) atoms. The molecule has 8 nitrogen and oxygen atoms in total. The minimum atomic E-state index is -1.51. The van der Waals surface area contributed by atoms with Crippen LogP contribution in [0.3, 0.4) is 0 Å². The second-order valence-electron chi connectivity index (χ2n) is 4.64. The number of carboxylic acid groups (broad SMARTS) is 4. The molecule has 0 saturated carbocycles. The molecular formula is C12H19ClO8. The van der Waals surface area contributed by atoms with Gasteiger partial charge in [-0.2, -0.15) is 0 Å². The lowest BCUT2D eigenvalue weighted by molar-refractivity contribution is -0.157. The van der Waals surface area contributed by atoms with Gasteiger partial charge < -0.3 is 20.4 Å². The standard InChI is InChI=1S/C12H18O8.ClH/c1-6(8(11(17)18)12(19)20)4-2-3-5-7(9(13)14)10(15)16;/h6-8H,2-5H2,1H3,(H,13,14)(H,15,16)(H,17,18)(H,19,20);1H. The molecule has 0 radical (unpaired) electrons. The summed E-state index contributed by atoms with van der Waals surface area (Å²) in [7, 11) is 0. The van der Waals surface area contributed by atoms with E-state index < -0.39 is 41.6 Å². The largest absolute Gasteiger partial charge is 0.481 e. The van der Waals surface area contributed by atoms with Gasteiger partial charge in [0.15, 0.2) is 11.8 Å². The van der Waals surface area contributed by atoms with E-state index in [1.54, 1.807) is 0 Å². The van der Waals surface area contributed by atoms with Gasteiger partial charge in [-0.3, -0.25) is 19.2 Å². The topological polar surface area (TPSA) is 149 Å². The number of carboxylic acids is 4. The lowest BCUT2D eigenvalue weighted by Crippen LogP contribution is -2.29. The number of rotatable bonds is 10. The molecule has 1 unspecified atom stereocenters. The van der Waals surface area contributed by atoms with Crippen molar-refractivity contribution in [2.24, 2.45) is 17.8 Å². The monoisotopic (exact) mass is 326 g/mol. The van der Waals surface area contributed by atoms with Crippen molar-refractivity contribution in [2.45, 2.75) is 32.6 Å². The average Bonchev–Trinajstić information content (AvgIpc) is 2.26. The van der Waals surface area contributed by atoms with Crippen molar-refractivity contribution in [2.75, 3.05) is 0 Å². The van der Waals surface area contributed by atoms with Crippen molar-refractivity contribution < 1.29 is 39.6 Å². The Morgan fingerprint density at radius 1 is 0.762 bits per heavy atom. The molecule has 9 heteroatoms. The third-order valence-corrected chi connectivity index (χ3v) is 3.10. The summed E-state index contributed by atoms with van der Waals surface area (Å²) in [5, 5.41) is 34.8. The summed E-state index contributed by atoms with van der Waals surface area (Å²) in [6, 6.07) is 0. The summed E-state index contributed by atoms with van der Waals surface area (Å²) in [5.41, 5.74) is 0. The number of carbonyl (C=O) groups is 4. The molecular weight excluding hydrogens is 308 g/mol. The van der Waals surface area contributed by atoms with Gasteiger partial charge in [-0.05, 0) is 18.8 Å². The summed E-state index contributed by atoms with van der Waals surface area (Å²) in [5.74, 6) is -9.28. The van der Waals surface area contributed by atoms with Crippen molar-refractivity contribution in [1.82, 2.24) is 0 Å². The van der Waals surface area contributed by atoms with E-state index in [-0.39, 0.29) is 31.7 Å². The first kappa shape index (κ1) is 21.5. The molecule has 0 aromatic carbocycles. The molecule has 0 aliphatic heterocycles. The molecule has 0 heterocycles. The number of aliphatic carboxylic acids is 4. The Labute approximate surface area is 127 Å². The summed E-state index contributed by atoms with van der Waals surface area (Å²) in [6.45, 7) is 1.48. The summed E-state index contributed by atoms with van der Waals surface area (Å²) >= 11 is 0. The molecule has 0 saturated heterocycles. The van der Waals surface area contributed by atoms with Gasteiger partial charge in [0.05, 0.1) is 0 Å². The number of unbranched alkanes of at least 4 members (excludes halogenated alkanes) is 1. The fourth-order valence-electron chi connectivity index (χ4n) is 1.93. The van der Waals surface area contributed by atoms with Crippen LogP contribution in [0.25, 0.3) is 0 Å². The van der Waals surface area contributed by atoms with E-state index in [1.165, 1.54) is 6.92 Å². The molecule has 1 atom stereocenters. The quantitative estimate of drug-likeness (QED) is 0.345. The predicted molar refractivity (Wildman–Crippen MR) is 72.4 cm³/mol. The summed E-state index contributed by atoms with van der Waals surface area (Å²) in [6.07, 6.45) is 0.853. The van der Waals surface area contributed by atoms with Gasteiger partial charge in [0.2, 0.25) is 0 Å². The fourth-order valence-corrected chi connectivity index (χ4v) is 1.93. The molecule has 0 aromatic rings. The molecule has 0 spiro atoms. The van der Waals surface area contributed by atoms with Crippen molar-refractivity contribution in [3.63, 3.8) is 0 Å². The van der Waals surface area contributed by atoms with Crippen LogP contribution in [0.15, 0.2) is 0 Å². The molecule has 0 fully saturated rings. The van der Waals surface area contributed by atoms with Crippen molar-refractivity contribution in [3.8, 4) is 0 Å². The maximum Gasteiger partial charge on any atom is 0.318 e. The predicted octanol–water partition coefficient (Wildman–Crippen LogP) is 1.18. The third kappa shape index (κ3) is 7.50. The zero-order chi connectivity index (χ0) is 15.9. The Bertz CT molecular complexity index is 367. The molecule has 0 rings (SSSR count). The Hall–Kier alpha value is -1.83. The van der Waals surface area contributed by atoms with Crippen LogP contribution in [0.1, 0.15) is 32.6 Å². The second kappa shape index (κ2) is 9.98. The van der Waals surface area contributed by atoms with Crippen LogP contribution in [0.4, 0.5) is 0 Å². The van der Waals surface area contributed by atoms with E-state index in [1.807, 2.05) is 0 Å². The normalized spacial score (nSPS) is 11.8. The highest BCUT2D eigenvalue weighted by molar-refractivity contribution is 5.93. The molecule has 4 N–H and O–H groups in total. The molecule has 0 bridgehead atoms. The third-order valence-electron chi connectivity index (χ3n) is 3.10. The average molecular weight is 327 g/mol. The fraction of sp³-hybridized carbons (Fsp3) is 0.667. The number of halogens is 1. The van der Waals surface area contributed by atoms with E-state index in [0.717, 1.165) is 0 Å². The highest BCUT2D eigenvalue weighted by atomic mass is 35.5. The minimum absolute atomic E-state index is 0. The minimum Gasteiger partial charge on any atom is -0.481 e. The van der Waals surface area contributed by atoms with E-state index in [4.69, 9.17) is 20.4 Å². The highest BCUT2D eigenvalue weighted by Crippen LogP contribution is 2.21. The van der Waals surface area contributed by atoms with Gasteiger partial charge >= 0.3 is 23.9 Å². The molecule has 0 aliphatic rings. The van der Waals surface area contributed by atoms with Crippen molar-refractivity contribution >= 4 is 36.3 Å². The van der Waals surface area contributed by atoms with Gasteiger partial charge in [-0.1, -0.05) is 19.8 Å². The Kier molecular flexibility index (Phi) is 10.2. The molecule has 0 aliphatic carbocycles. The molecule has 122 valence electrons. The summed E-state index contributed by atoms with van der Waals surface area (Å²) in [4.78, 5) is 42.8. The highest BCUT2D eigenvalue weighted by Gasteiger charge is 2.31. The van der Waals surface area contributed by atoms with Crippen LogP contribution in [0.2, 0.25) is 0 Å². The zero-order valence-electron chi connectivity index (χ0n) is 11.4. The van der Waals surface area contributed by atoms with Gasteiger partial charge in [0, 0.05) is 0 Å². The first-order valence-corrected chi connectivity index (χ1v) is 6.09. The van der Waals surface area contributed by atoms with Crippen LogP contribution >= 0.6 is 12.4 Å². The smallest absolute Gasteiger partial charge is 0.318 e. The van der Waals surface area contributed by atoms with Crippen LogP contribution in [0, 0.1) is 17.8 Å². The van der Waals surface area contributed by atoms with Gasteiger partial charge in [0.25, 0.3) is 0 Å². The lowest BCUT2D eigenvalue weighted by Gasteiger charge is -2.16. The molecule has 0 amide bonds.